The molecule has 6 heteroatoms. The second kappa shape index (κ2) is 11.0. The normalized spacial score (nSPS) is 11.7. The predicted molar refractivity (Wildman–Crippen MR) is 112 cm³/mol. The maximum Gasteiger partial charge on any atom is 0.242 e. The summed E-state index contributed by atoms with van der Waals surface area (Å²) in [4.78, 5) is 27.0. The monoisotopic (exact) mass is 448 g/mol. The van der Waals surface area contributed by atoms with Crippen LogP contribution >= 0.6 is 15.9 Å². The molecule has 2 amide bonds. The van der Waals surface area contributed by atoms with Crippen molar-refractivity contribution in [3.63, 3.8) is 0 Å². The molecule has 150 valence electrons. The van der Waals surface area contributed by atoms with Crippen LogP contribution in [0.25, 0.3) is 0 Å². The van der Waals surface area contributed by atoms with Gasteiger partial charge in [-0.25, -0.2) is 4.39 Å². The van der Waals surface area contributed by atoms with Crippen molar-refractivity contribution in [1.29, 1.82) is 0 Å². The highest BCUT2D eigenvalue weighted by Crippen LogP contribution is 2.16. The van der Waals surface area contributed by atoms with Gasteiger partial charge >= 0.3 is 0 Å². The van der Waals surface area contributed by atoms with Gasteiger partial charge < -0.3 is 10.2 Å². The van der Waals surface area contributed by atoms with Crippen LogP contribution in [-0.2, 0) is 22.6 Å². The zero-order valence-electron chi connectivity index (χ0n) is 16.3. The Kier molecular flexibility index (Phi) is 8.64. The number of benzene rings is 2. The average molecular weight is 449 g/mol. The first-order valence-electron chi connectivity index (χ1n) is 9.47. The van der Waals surface area contributed by atoms with Gasteiger partial charge in [-0.15, -0.1) is 0 Å². The van der Waals surface area contributed by atoms with E-state index >= 15 is 0 Å². The van der Waals surface area contributed by atoms with E-state index in [0.717, 1.165) is 22.9 Å². The van der Waals surface area contributed by atoms with Crippen LogP contribution in [0, 0.1) is 5.82 Å². The van der Waals surface area contributed by atoms with Crippen molar-refractivity contribution in [3.8, 4) is 0 Å². The summed E-state index contributed by atoms with van der Waals surface area (Å²) in [5.41, 5.74) is 1.23. The van der Waals surface area contributed by atoms with Gasteiger partial charge in [0.15, 0.2) is 0 Å². The number of amides is 2. The summed E-state index contributed by atoms with van der Waals surface area (Å²) < 4.78 is 14.9. The van der Waals surface area contributed by atoms with Crippen molar-refractivity contribution < 1.29 is 14.0 Å². The summed E-state index contributed by atoms with van der Waals surface area (Å²) in [7, 11) is 0. The van der Waals surface area contributed by atoms with E-state index in [9.17, 15) is 14.0 Å². The predicted octanol–water partition coefficient (Wildman–Crippen LogP) is 4.46. The highest BCUT2D eigenvalue weighted by Gasteiger charge is 2.26. The standard InChI is InChI=1S/C22H26BrFN2O2/c1-3-4-13-25-22(28)16(2)26(15-17-9-11-19(23)12-10-17)21(27)14-18-7-5-6-8-20(18)24/h5-12,16H,3-4,13-15H2,1-2H3,(H,25,28). The van der Waals surface area contributed by atoms with Gasteiger partial charge in [0.05, 0.1) is 6.42 Å². The lowest BCUT2D eigenvalue weighted by Gasteiger charge is -2.29. The number of carbonyl (C=O) groups excluding carboxylic acids is 2. The van der Waals surface area contributed by atoms with E-state index in [2.05, 4.69) is 21.2 Å². The Morgan fingerprint density at radius 1 is 1.14 bits per heavy atom. The van der Waals surface area contributed by atoms with Crippen LogP contribution in [0.3, 0.4) is 0 Å². The van der Waals surface area contributed by atoms with Crippen molar-refractivity contribution >= 4 is 27.7 Å². The molecule has 1 unspecified atom stereocenters. The SMILES string of the molecule is CCCCNC(=O)C(C)N(Cc1ccc(Br)cc1)C(=O)Cc1ccccc1F. The zero-order chi connectivity index (χ0) is 20.5. The minimum absolute atomic E-state index is 0.0875. The highest BCUT2D eigenvalue weighted by atomic mass is 79.9. The molecule has 0 bridgehead atoms. The van der Waals surface area contributed by atoms with Crippen LogP contribution in [0.4, 0.5) is 4.39 Å². The van der Waals surface area contributed by atoms with Gasteiger partial charge in [0.1, 0.15) is 11.9 Å². The van der Waals surface area contributed by atoms with Crippen molar-refractivity contribution in [2.75, 3.05) is 6.54 Å². The maximum atomic E-state index is 14.0. The molecule has 2 aromatic carbocycles. The fourth-order valence-electron chi connectivity index (χ4n) is 2.81. The third-order valence-electron chi connectivity index (χ3n) is 4.56. The van der Waals surface area contributed by atoms with Gasteiger partial charge in [-0.1, -0.05) is 59.6 Å². The Morgan fingerprint density at radius 2 is 1.82 bits per heavy atom. The first kappa shape index (κ1) is 22.1. The van der Waals surface area contributed by atoms with E-state index in [1.54, 1.807) is 25.1 Å². The number of nitrogens with one attached hydrogen (secondary N) is 1. The molecular formula is C22H26BrFN2O2. The van der Waals surface area contributed by atoms with Gasteiger partial charge in [0.25, 0.3) is 0 Å². The van der Waals surface area contributed by atoms with Gasteiger partial charge in [-0.3, -0.25) is 9.59 Å². The second-order valence-corrected chi connectivity index (χ2v) is 7.65. The molecule has 0 aliphatic carbocycles. The minimum atomic E-state index is -0.653. The Labute approximate surface area is 174 Å². The molecule has 0 aromatic heterocycles. The van der Waals surface area contributed by atoms with Gasteiger partial charge in [-0.05, 0) is 42.7 Å². The van der Waals surface area contributed by atoms with Crippen LogP contribution in [0.1, 0.15) is 37.8 Å². The summed E-state index contributed by atoms with van der Waals surface area (Å²) >= 11 is 3.39. The number of hydrogen-bond donors (Lipinski definition) is 1. The number of rotatable bonds is 9. The zero-order valence-corrected chi connectivity index (χ0v) is 17.8. The highest BCUT2D eigenvalue weighted by molar-refractivity contribution is 9.10. The van der Waals surface area contributed by atoms with E-state index in [1.165, 1.54) is 11.0 Å². The first-order valence-corrected chi connectivity index (χ1v) is 10.3. The average Bonchev–Trinajstić information content (AvgIpc) is 2.68. The van der Waals surface area contributed by atoms with E-state index in [0.29, 0.717) is 12.1 Å². The van der Waals surface area contributed by atoms with Crippen LogP contribution in [0.5, 0.6) is 0 Å². The van der Waals surface area contributed by atoms with Crippen molar-refractivity contribution in [2.45, 2.75) is 45.7 Å². The largest absolute Gasteiger partial charge is 0.354 e. The molecule has 4 nitrogen and oxygen atoms in total. The molecule has 0 radical (unpaired) electrons. The minimum Gasteiger partial charge on any atom is -0.354 e. The van der Waals surface area contributed by atoms with Gasteiger partial charge in [0, 0.05) is 17.6 Å². The third kappa shape index (κ3) is 6.44. The van der Waals surface area contributed by atoms with Crippen molar-refractivity contribution in [3.05, 3.63) is 69.9 Å². The number of nitrogens with zero attached hydrogens (tertiary/aromatic N) is 1. The Morgan fingerprint density at radius 3 is 2.46 bits per heavy atom. The lowest BCUT2D eigenvalue weighted by atomic mass is 10.1. The summed E-state index contributed by atoms with van der Waals surface area (Å²) in [6.07, 6.45) is 1.77. The molecule has 28 heavy (non-hydrogen) atoms. The number of carbonyl (C=O) groups is 2. The number of unbranched alkanes of at least 4 members (excludes halogenated alkanes) is 1. The second-order valence-electron chi connectivity index (χ2n) is 6.74. The smallest absolute Gasteiger partial charge is 0.242 e. The molecule has 1 atom stereocenters. The van der Waals surface area contributed by atoms with Crippen LogP contribution in [-0.4, -0.2) is 29.3 Å². The van der Waals surface area contributed by atoms with Crippen LogP contribution < -0.4 is 5.32 Å². The maximum absolute atomic E-state index is 14.0. The molecule has 0 saturated heterocycles. The first-order chi connectivity index (χ1) is 13.4. The van der Waals surface area contributed by atoms with E-state index in [1.807, 2.05) is 31.2 Å². The number of hydrogen-bond acceptors (Lipinski definition) is 2. The van der Waals surface area contributed by atoms with E-state index in [4.69, 9.17) is 0 Å². The fraction of sp³-hybridized carbons (Fsp3) is 0.364. The molecule has 0 heterocycles. The molecule has 0 spiro atoms. The molecule has 1 N–H and O–H groups in total. The van der Waals surface area contributed by atoms with Crippen molar-refractivity contribution in [2.24, 2.45) is 0 Å². The van der Waals surface area contributed by atoms with Crippen molar-refractivity contribution in [1.82, 2.24) is 10.2 Å². The molecule has 0 aliphatic heterocycles. The Balaban J connectivity index is 2.18. The van der Waals surface area contributed by atoms with E-state index in [-0.39, 0.29) is 24.8 Å². The van der Waals surface area contributed by atoms with Gasteiger partial charge in [-0.2, -0.15) is 0 Å². The quantitative estimate of drug-likeness (QED) is 0.575. The van der Waals surface area contributed by atoms with E-state index < -0.39 is 11.9 Å². The summed E-state index contributed by atoms with van der Waals surface area (Å²) in [6.45, 7) is 4.61. The molecule has 0 saturated carbocycles. The van der Waals surface area contributed by atoms with Crippen LogP contribution in [0.2, 0.25) is 0 Å². The summed E-state index contributed by atoms with van der Waals surface area (Å²) in [5.74, 6) is -0.905. The molecule has 2 rings (SSSR count). The Bertz CT molecular complexity index is 795. The fourth-order valence-corrected chi connectivity index (χ4v) is 3.08. The third-order valence-corrected chi connectivity index (χ3v) is 5.09. The van der Waals surface area contributed by atoms with Crippen LogP contribution in [0.15, 0.2) is 53.0 Å². The molecule has 0 aliphatic rings. The van der Waals surface area contributed by atoms with Gasteiger partial charge in [0.2, 0.25) is 11.8 Å². The topological polar surface area (TPSA) is 49.4 Å². The molecular weight excluding hydrogens is 423 g/mol. The number of halogens is 2. The Hall–Kier alpha value is -2.21. The lowest BCUT2D eigenvalue weighted by molar-refractivity contribution is -0.140. The lowest BCUT2D eigenvalue weighted by Crippen LogP contribution is -2.48. The summed E-state index contributed by atoms with van der Waals surface area (Å²) in [6, 6.07) is 13.1. The summed E-state index contributed by atoms with van der Waals surface area (Å²) in [5, 5.41) is 2.87. The molecule has 0 fully saturated rings. The molecule has 2 aromatic rings.